The van der Waals surface area contributed by atoms with Gasteiger partial charge in [0.15, 0.2) is 0 Å². The topological polar surface area (TPSA) is 57.2 Å². The van der Waals surface area contributed by atoms with Crippen LogP contribution in [-0.2, 0) is 16.5 Å². The van der Waals surface area contributed by atoms with E-state index in [0.717, 1.165) is 18.1 Å². The molecule has 0 fully saturated rings. The lowest BCUT2D eigenvalue weighted by atomic mass is 10.2. The van der Waals surface area contributed by atoms with Gasteiger partial charge in [-0.15, -0.1) is 0 Å². The number of aryl methyl sites for hydroxylation is 2. The molecule has 0 saturated heterocycles. The summed E-state index contributed by atoms with van der Waals surface area (Å²) in [4.78, 5) is -0.178. The highest BCUT2D eigenvalue weighted by Gasteiger charge is 2.44. The molecule has 3 nitrogen and oxygen atoms in total. The Kier molecular flexibility index (Phi) is 9.25. The summed E-state index contributed by atoms with van der Waals surface area (Å²) >= 11 is 0. The minimum Gasteiger partial charge on any atom is -0.744 e. The number of hydrogen-bond acceptors (Lipinski definition) is 3. The summed E-state index contributed by atoms with van der Waals surface area (Å²) in [5, 5.41) is 4.37. The summed E-state index contributed by atoms with van der Waals surface area (Å²) in [5.41, 5.74) is 2.34. The Labute approximate surface area is 226 Å². The van der Waals surface area contributed by atoms with Gasteiger partial charge in [-0.05, 0) is 61.0 Å². The Hall–Kier alpha value is -3.56. The predicted molar refractivity (Wildman–Crippen MR) is 159 cm³/mol. The Morgan fingerprint density at radius 1 is 0.553 bits per heavy atom. The van der Waals surface area contributed by atoms with Crippen LogP contribution >= 0.6 is 7.26 Å². The van der Waals surface area contributed by atoms with Crippen molar-refractivity contribution in [1.82, 2.24) is 0 Å². The van der Waals surface area contributed by atoms with Crippen LogP contribution < -0.4 is 15.9 Å². The van der Waals surface area contributed by atoms with E-state index in [9.17, 15) is 13.0 Å². The van der Waals surface area contributed by atoms with Crippen LogP contribution in [0.3, 0.4) is 0 Å². The number of rotatable bonds is 7. The van der Waals surface area contributed by atoms with Crippen molar-refractivity contribution in [1.29, 1.82) is 0 Å². The molecule has 0 bridgehead atoms. The van der Waals surface area contributed by atoms with E-state index >= 15 is 0 Å². The third-order valence-corrected chi connectivity index (χ3v) is 11.8. The molecule has 0 heterocycles. The maximum atomic E-state index is 10.4. The zero-order valence-electron chi connectivity index (χ0n) is 21.4. The van der Waals surface area contributed by atoms with Crippen molar-refractivity contribution in [2.24, 2.45) is 0 Å². The van der Waals surface area contributed by atoms with Crippen LogP contribution in [0.1, 0.15) is 11.1 Å². The Balaban J connectivity index is 0.000000257. The highest BCUT2D eigenvalue weighted by atomic mass is 32.2. The average molecular weight is 539 g/mol. The molecular formula is C33H31O3PS. The number of hydrogen-bond donors (Lipinski definition) is 0. The van der Waals surface area contributed by atoms with Gasteiger partial charge >= 0.3 is 0 Å². The van der Waals surface area contributed by atoms with Crippen LogP contribution in [-0.4, -0.2) is 19.1 Å². The third-order valence-electron chi connectivity index (χ3n) is 6.48. The van der Waals surface area contributed by atoms with Crippen LogP contribution in [0.2, 0.25) is 0 Å². The molecule has 5 aromatic rings. The van der Waals surface area contributed by atoms with Crippen molar-refractivity contribution >= 4 is 33.3 Å². The van der Waals surface area contributed by atoms with Crippen molar-refractivity contribution in [3.05, 3.63) is 157 Å². The second-order valence-corrected chi connectivity index (χ2v) is 14.0. The van der Waals surface area contributed by atoms with E-state index in [1.807, 2.05) is 6.92 Å². The van der Waals surface area contributed by atoms with E-state index in [1.165, 1.54) is 33.6 Å². The van der Waals surface area contributed by atoms with Gasteiger partial charge in [-0.25, -0.2) is 8.42 Å². The van der Waals surface area contributed by atoms with E-state index in [2.05, 4.69) is 121 Å². The zero-order valence-corrected chi connectivity index (χ0v) is 23.1. The minimum atomic E-state index is -4.27. The maximum Gasteiger partial charge on any atom is 0.124 e. The lowest BCUT2D eigenvalue weighted by Crippen LogP contribution is -2.34. The lowest BCUT2D eigenvalue weighted by molar-refractivity contribution is 0.463. The van der Waals surface area contributed by atoms with Gasteiger partial charge in [0, 0.05) is 6.42 Å². The molecule has 0 aliphatic carbocycles. The first kappa shape index (κ1) is 27.5. The van der Waals surface area contributed by atoms with Crippen molar-refractivity contribution in [2.75, 3.05) is 6.16 Å². The first-order valence-corrected chi connectivity index (χ1v) is 15.9. The van der Waals surface area contributed by atoms with Crippen LogP contribution in [0.4, 0.5) is 0 Å². The summed E-state index contributed by atoms with van der Waals surface area (Å²) < 4.78 is 31.2. The van der Waals surface area contributed by atoms with Crippen LogP contribution in [0.15, 0.2) is 150 Å². The molecular weight excluding hydrogens is 507 g/mol. The highest BCUT2D eigenvalue weighted by Crippen LogP contribution is 2.55. The normalized spacial score (nSPS) is 11.3. The van der Waals surface area contributed by atoms with Crippen LogP contribution in [0.25, 0.3) is 0 Å². The van der Waals surface area contributed by atoms with Gasteiger partial charge in [-0.2, -0.15) is 0 Å². The lowest BCUT2D eigenvalue weighted by Gasteiger charge is -2.27. The molecule has 0 unspecified atom stereocenters. The fourth-order valence-corrected chi connectivity index (χ4v) is 9.30. The molecule has 5 aromatic carbocycles. The smallest absolute Gasteiger partial charge is 0.124 e. The molecule has 0 amide bonds. The van der Waals surface area contributed by atoms with Gasteiger partial charge in [0.05, 0.1) is 11.1 Å². The summed E-state index contributed by atoms with van der Waals surface area (Å²) in [7, 11) is -5.99. The van der Waals surface area contributed by atoms with Crippen molar-refractivity contribution in [2.45, 2.75) is 18.2 Å². The summed E-state index contributed by atoms with van der Waals surface area (Å²) in [6, 6.07) is 50.0. The molecule has 0 spiro atoms. The van der Waals surface area contributed by atoms with E-state index in [0.29, 0.717) is 0 Å². The van der Waals surface area contributed by atoms with Gasteiger partial charge in [0.25, 0.3) is 0 Å². The SMILES string of the molecule is Cc1ccc(S(=O)(=O)[O-])cc1.c1ccc(CC[P+](c2ccccc2)(c2ccccc2)c2ccccc2)cc1. The molecule has 0 atom stereocenters. The largest absolute Gasteiger partial charge is 0.744 e. The molecule has 0 aliphatic heterocycles. The molecule has 0 radical (unpaired) electrons. The summed E-state index contributed by atoms with van der Waals surface area (Å²) in [6.07, 6.45) is 2.21. The highest BCUT2D eigenvalue weighted by molar-refractivity contribution is 7.95. The van der Waals surface area contributed by atoms with Gasteiger partial charge in [0.1, 0.15) is 33.3 Å². The van der Waals surface area contributed by atoms with Crippen LogP contribution in [0, 0.1) is 6.92 Å². The molecule has 0 N–H and O–H groups in total. The maximum absolute atomic E-state index is 10.4. The standard InChI is InChI=1S/C26H24P.C7H8O3S/c1-5-13-23(14-6-1)21-22-27(24-15-7-2-8-16-24,25-17-9-3-10-18-25)26-19-11-4-12-20-26;1-6-2-4-7(5-3-6)11(8,9)10/h1-20H,21-22H2;2-5H,1H3,(H,8,9,10)/q+1;/p-1. The first-order valence-electron chi connectivity index (χ1n) is 12.5. The van der Waals surface area contributed by atoms with Gasteiger partial charge < -0.3 is 4.55 Å². The Morgan fingerprint density at radius 2 is 0.921 bits per heavy atom. The van der Waals surface area contributed by atoms with Crippen molar-refractivity contribution < 1.29 is 13.0 Å². The van der Waals surface area contributed by atoms with Gasteiger partial charge in [-0.3, -0.25) is 0 Å². The monoisotopic (exact) mass is 538 g/mol. The minimum absolute atomic E-state index is 0.178. The summed E-state index contributed by atoms with van der Waals surface area (Å²) in [6.45, 7) is 1.82. The van der Waals surface area contributed by atoms with Crippen LogP contribution in [0.5, 0.6) is 0 Å². The Morgan fingerprint density at radius 3 is 1.29 bits per heavy atom. The Bertz CT molecular complexity index is 1410. The quantitative estimate of drug-likeness (QED) is 0.185. The van der Waals surface area contributed by atoms with E-state index < -0.39 is 17.4 Å². The van der Waals surface area contributed by atoms with Gasteiger partial charge in [-0.1, -0.05) is 103 Å². The van der Waals surface area contributed by atoms with Gasteiger partial charge in [0.2, 0.25) is 0 Å². The average Bonchev–Trinajstić information content (AvgIpc) is 2.96. The molecule has 5 rings (SSSR count). The molecule has 5 heteroatoms. The summed E-state index contributed by atoms with van der Waals surface area (Å²) in [5.74, 6) is 0. The van der Waals surface area contributed by atoms with E-state index in [1.54, 1.807) is 12.1 Å². The second kappa shape index (κ2) is 12.8. The molecule has 192 valence electrons. The molecule has 0 aromatic heterocycles. The molecule has 0 saturated carbocycles. The predicted octanol–water partition coefficient (Wildman–Crippen LogP) is 6.12. The van der Waals surface area contributed by atoms with Crippen molar-refractivity contribution in [3.8, 4) is 0 Å². The fraction of sp³-hybridized carbons (Fsp3) is 0.0909. The second-order valence-electron chi connectivity index (χ2n) is 9.04. The zero-order chi connectivity index (χ0) is 26.8. The fourth-order valence-electron chi connectivity index (χ4n) is 4.53. The van der Waals surface area contributed by atoms with E-state index in [-0.39, 0.29) is 4.90 Å². The van der Waals surface area contributed by atoms with Crippen molar-refractivity contribution in [3.63, 3.8) is 0 Å². The number of benzene rings is 5. The first-order chi connectivity index (χ1) is 18.4. The third kappa shape index (κ3) is 6.85. The van der Waals surface area contributed by atoms with E-state index in [4.69, 9.17) is 0 Å². The molecule has 38 heavy (non-hydrogen) atoms. The molecule has 0 aliphatic rings.